The van der Waals surface area contributed by atoms with Gasteiger partial charge in [0.05, 0.1) is 0 Å². The van der Waals surface area contributed by atoms with Crippen LogP contribution in [0.3, 0.4) is 0 Å². The number of nitrogens with zero attached hydrogens (tertiary/aromatic N) is 1. The van der Waals surface area contributed by atoms with Gasteiger partial charge in [0.2, 0.25) is 5.89 Å². The zero-order chi connectivity index (χ0) is 13.6. The molecule has 3 aromatic rings. The molecular weight excluding hydrogens is 234 g/mol. The average Bonchev–Trinajstić information content (AvgIpc) is 2.76. The minimum atomic E-state index is 0.709. The third-order valence-electron chi connectivity index (χ3n) is 3.61. The largest absolute Gasteiger partial charge is 0.436 e. The zero-order valence-electron chi connectivity index (χ0n) is 11.7. The Hall–Kier alpha value is -2.09. The van der Waals surface area contributed by atoms with E-state index in [1.165, 1.54) is 22.3 Å². The second-order valence-corrected chi connectivity index (χ2v) is 5.24. The van der Waals surface area contributed by atoms with E-state index in [2.05, 4.69) is 50.9 Å². The van der Waals surface area contributed by atoms with Crippen molar-refractivity contribution in [2.24, 2.45) is 0 Å². The molecule has 0 atom stereocenters. The maximum Gasteiger partial charge on any atom is 0.227 e. The predicted octanol–water partition coefficient (Wildman–Crippen LogP) is 4.73. The van der Waals surface area contributed by atoms with Crippen molar-refractivity contribution >= 4 is 11.1 Å². The number of aromatic nitrogens is 1. The SMILES string of the molecule is Cc1ccc2oc(-c3cc(C)c(C)cc3C)nc2c1. The second-order valence-electron chi connectivity index (χ2n) is 5.24. The molecular formula is C17H17NO. The molecule has 0 N–H and O–H groups in total. The Kier molecular flexibility index (Phi) is 2.67. The third kappa shape index (κ3) is 2.03. The lowest BCUT2D eigenvalue weighted by Crippen LogP contribution is -1.88. The summed E-state index contributed by atoms with van der Waals surface area (Å²) >= 11 is 0. The van der Waals surface area contributed by atoms with E-state index in [4.69, 9.17) is 4.42 Å². The van der Waals surface area contributed by atoms with Crippen molar-refractivity contribution in [3.05, 3.63) is 52.6 Å². The Labute approximate surface area is 113 Å². The van der Waals surface area contributed by atoms with E-state index < -0.39 is 0 Å². The van der Waals surface area contributed by atoms with Gasteiger partial charge in [-0.2, -0.15) is 0 Å². The minimum absolute atomic E-state index is 0.709. The lowest BCUT2D eigenvalue weighted by atomic mass is 10.0. The highest BCUT2D eigenvalue weighted by atomic mass is 16.3. The molecule has 0 aliphatic rings. The lowest BCUT2D eigenvalue weighted by molar-refractivity contribution is 0.619. The summed E-state index contributed by atoms with van der Waals surface area (Å²) in [4.78, 5) is 4.61. The molecule has 0 saturated heterocycles. The molecule has 0 bridgehead atoms. The summed E-state index contributed by atoms with van der Waals surface area (Å²) < 4.78 is 5.87. The van der Waals surface area contributed by atoms with Gasteiger partial charge in [0.1, 0.15) is 5.52 Å². The first-order valence-corrected chi connectivity index (χ1v) is 6.50. The Morgan fingerprint density at radius 1 is 0.842 bits per heavy atom. The van der Waals surface area contributed by atoms with Crippen molar-refractivity contribution in [2.45, 2.75) is 27.7 Å². The summed E-state index contributed by atoms with van der Waals surface area (Å²) in [5.74, 6) is 0.709. The van der Waals surface area contributed by atoms with Crippen LogP contribution in [0.25, 0.3) is 22.6 Å². The monoisotopic (exact) mass is 251 g/mol. The van der Waals surface area contributed by atoms with Gasteiger partial charge in [-0.05, 0) is 68.1 Å². The minimum Gasteiger partial charge on any atom is -0.436 e. The predicted molar refractivity (Wildman–Crippen MR) is 78.4 cm³/mol. The molecule has 2 nitrogen and oxygen atoms in total. The van der Waals surface area contributed by atoms with Crippen LogP contribution in [0.2, 0.25) is 0 Å². The maximum absolute atomic E-state index is 5.87. The van der Waals surface area contributed by atoms with Crippen LogP contribution in [0, 0.1) is 27.7 Å². The van der Waals surface area contributed by atoms with Crippen molar-refractivity contribution in [1.82, 2.24) is 4.98 Å². The fourth-order valence-electron chi connectivity index (χ4n) is 2.34. The van der Waals surface area contributed by atoms with Crippen molar-refractivity contribution in [3.8, 4) is 11.5 Å². The number of hydrogen-bond acceptors (Lipinski definition) is 2. The van der Waals surface area contributed by atoms with E-state index in [1.54, 1.807) is 0 Å². The Morgan fingerprint density at radius 2 is 1.58 bits per heavy atom. The quantitative estimate of drug-likeness (QED) is 0.625. The van der Waals surface area contributed by atoms with Gasteiger partial charge < -0.3 is 4.42 Å². The van der Waals surface area contributed by atoms with Crippen LogP contribution in [-0.2, 0) is 0 Å². The molecule has 0 saturated carbocycles. The smallest absolute Gasteiger partial charge is 0.227 e. The highest BCUT2D eigenvalue weighted by molar-refractivity contribution is 5.77. The zero-order valence-corrected chi connectivity index (χ0v) is 11.7. The third-order valence-corrected chi connectivity index (χ3v) is 3.61. The van der Waals surface area contributed by atoms with Crippen molar-refractivity contribution in [1.29, 1.82) is 0 Å². The van der Waals surface area contributed by atoms with E-state index in [0.29, 0.717) is 5.89 Å². The van der Waals surface area contributed by atoms with Crippen LogP contribution >= 0.6 is 0 Å². The number of oxazole rings is 1. The highest BCUT2D eigenvalue weighted by Crippen LogP contribution is 2.29. The summed E-state index contributed by atoms with van der Waals surface area (Å²) in [6.45, 7) is 8.41. The van der Waals surface area contributed by atoms with Crippen molar-refractivity contribution in [2.75, 3.05) is 0 Å². The number of rotatable bonds is 1. The number of aryl methyl sites for hydroxylation is 4. The molecule has 0 amide bonds. The van der Waals surface area contributed by atoms with Gasteiger partial charge in [0.15, 0.2) is 5.58 Å². The molecule has 1 aromatic heterocycles. The summed E-state index contributed by atoms with van der Waals surface area (Å²) in [6, 6.07) is 10.4. The van der Waals surface area contributed by atoms with Crippen LogP contribution in [0.4, 0.5) is 0 Å². The van der Waals surface area contributed by atoms with Gasteiger partial charge in [-0.1, -0.05) is 12.1 Å². The summed E-state index contributed by atoms with van der Waals surface area (Å²) in [7, 11) is 0. The maximum atomic E-state index is 5.87. The standard InChI is InChI=1S/C17H17NO/c1-10-5-6-16-15(7-10)18-17(19-16)14-9-12(3)11(2)8-13(14)4/h5-9H,1-4H3. The number of benzene rings is 2. The Morgan fingerprint density at radius 3 is 2.37 bits per heavy atom. The first-order chi connectivity index (χ1) is 9.04. The molecule has 96 valence electrons. The highest BCUT2D eigenvalue weighted by Gasteiger charge is 2.11. The number of hydrogen-bond donors (Lipinski definition) is 0. The first-order valence-electron chi connectivity index (χ1n) is 6.50. The van der Waals surface area contributed by atoms with Gasteiger partial charge in [-0.3, -0.25) is 0 Å². The summed E-state index contributed by atoms with van der Waals surface area (Å²) in [5, 5.41) is 0. The normalized spacial score (nSPS) is 11.2. The Balaban J connectivity index is 2.21. The lowest BCUT2D eigenvalue weighted by Gasteiger charge is -2.06. The summed E-state index contributed by atoms with van der Waals surface area (Å²) in [5.41, 5.74) is 7.81. The molecule has 0 unspecified atom stereocenters. The van der Waals surface area contributed by atoms with Crippen LogP contribution in [-0.4, -0.2) is 4.98 Å². The topological polar surface area (TPSA) is 26.0 Å². The van der Waals surface area contributed by atoms with E-state index in [-0.39, 0.29) is 0 Å². The fraction of sp³-hybridized carbons (Fsp3) is 0.235. The van der Waals surface area contributed by atoms with E-state index in [9.17, 15) is 0 Å². The van der Waals surface area contributed by atoms with Gasteiger partial charge in [-0.25, -0.2) is 4.98 Å². The average molecular weight is 251 g/mol. The fourth-order valence-corrected chi connectivity index (χ4v) is 2.34. The van der Waals surface area contributed by atoms with Gasteiger partial charge >= 0.3 is 0 Å². The van der Waals surface area contributed by atoms with Gasteiger partial charge in [0.25, 0.3) is 0 Å². The van der Waals surface area contributed by atoms with Crippen molar-refractivity contribution < 1.29 is 4.42 Å². The molecule has 0 radical (unpaired) electrons. The Bertz CT molecular complexity index is 768. The van der Waals surface area contributed by atoms with Gasteiger partial charge in [0, 0.05) is 5.56 Å². The van der Waals surface area contributed by atoms with E-state index in [1.807, 2.05) is 12.1 Å². The molecule has 0 spiro atoms. The van der Waals surface area contributed by atoms with Crippen LogP contribution in [0.1, 0.15) is 22.3 Å². The molecule has 3 rings (SSSR count). The second kappa shape index (κ2) is 4.23. The van der Waals surface area contributed by atoms with Crippen LogP contribution in [0.5, 0.6) is 0 Å². The molecule has 2 aromatic carbocycles. The molecule has 1 heterocycles. The van der Waals surface area contributed by atoms with E-state index >= 15 is 0 Å². The first kappa shape index (κ1) is 12.0. The molecule has 0 fully saturated rings. The summed E-state index contributed by atoms with van der Waals surface area (Å²) in [6.07, 6.45) is 0. The van der Waals surface area contributed by atoms with Crippen LogP contribution in [0.15, 0.2) is 34.7 Å². The van der Waals surface area contributed by atoms with Crippen molar-refractivity contribution in [3.63, 3.8) is 0 Å². The number of fused-ring (bicyclic) bond motifs is 1. The van der Waals surface area contributed by atoms with Crippen LogP contribution < -0.4 is 0 Å². The molecule has 2 heteroatoms. The van der Waals surface area contributed by atoms with Gasteiger partial charge in [-0.15, -0.1) is 0 Å². The van der Waals surface area contributed by atoms with E-state index in [0.717, 1.165) is 16.7 Å². The molecule has 0 aliphatic heterocycles. The molecule has 19 heavy (non-hydrogen) atoms. The molecule has 0 aliphatic carbocycles.